The molecule has 0 bridgehead atoms. The van der Waals surface area contributed by atoms with Crippen molar-refractivity contribution in [3.8, 4) is 11.4 Å². The number of hydrogen-bond donors (Lipinski definition) is 2. The van der Waals surface area contributed by atoms with Crippen LogP contribution in [0.2, 0.25) is 5.02 Å². The lowest BCUT2D eigenvalue weighted by Crippen LogP contribution is -2.41. The second-order valence-corrected chi connectivity index (χ2v) is 5.98. The first-order valence-corrected chi connectivity index (χ1v) is 7.93. The maximum Gasteiger partial charge on any atom is 0.246 e. The van der Waals surface area contributed by atoms with Gasteiger partial charge in [-0.25, -0.2) is 0 Å². The van der Waals surface area contributed by atoms with Crippen molar-refractivity contribution in [3.63, 3.8) is 0 Å². The first kappa shape index (κ1) is 17.1. The van der Waals surface area contributed by atoms with Gasteiger partial charge in [-0.15, -0.1) is 24.2 Å². The van der Waals surface area contributed by atoms with Crippen molar-refractivity contribution >= 4 is 41.7 Å². The second kappa shape index (κ2) is 7.82. The average Bonchev–Trinajstić information content (AvgIpc) is 3.16. The maximum atomic E-state index is 11.8. The van der Waals surface area contributed by atoms with Gasteiger partial charge in [-0.3, -0.25) is 10.1 Å². The molecule has 1 saturated heterocycles. The number of thioether (sulfide) groups is 1. The average molecular weight is 361 g/mol. The largest absolute Gasteiger partial charge is 0.346 e. The van der Waals surface area contributed by atoms with Gasteiger partial charge < -0.3 is 9.84 Å². The smallest absolute Gasteiger partial charge is 0.246 e. The minimum absolute atomic E-state index is 0. The number of nitrogens with zero attached hydrogens (tertiary/aromatic N) is 2. The van der Waals surface area contributed by atoms with Crippen molar-refractivity contribution in [3.05, 3.63) is 35.2 Å². The van der Waals surface area contributed by atoms with E-state index < -0.39 is 0 Å². The van der Waals surface area contributed by atoms with Crippen LogP contribution < -0.4 is 10.6 Å². The first-order chi connectivity index (χ1) is 10.2. The van der Waals surface area contributed by atoms with Gasteiger partial charge in [-0.2, -0.15) is 4.98 Å². The van der Waals surface area contributed by atoms with Crippen LogP contribution in [0.5, 0.6) is 0 Å². The highest BCUT2D eigenvalue weighted by Gasteiger charge is 2.22. The first-order valence-electron chi connectivity index (χ1n) is 6.40. The number of rotatable bonds is 4. The summed E-state index contributed by atoms with van der Waals surface area (Å²) >= 11 is 7.62. The number of carbonyl (C=O) groups is 1. The monoisotopic (exact) mass is 360 g/mol. The molecule has 1 fully saturated rings. The van der Waals surface area contributed by atoms with E-state index in [1.807, 2.05) is 12.1 Å². The Morgan fingerprint density at radius 3 is 3.14 bits per heavy atom. The Kier molecular flexibility index (Phi) is 6.07. The van der Waals surface area contributed by atoms with E-state index in [1.54, 1.807) is 23.9 Å². The van der Waals surface area contributed by atoms with Crippen LogP contribution in [0.4, 0.5) is 0 Å². The third-order valence-corrected chi connectivity index (χ3v) is 4.17. The summed E-state index contributed by atoms with van der Waals surface area (Å²) in [5, 5.41) is 10.4. The molecular formula is C13H14Cl2N4O2S. The summed E-state index contributed by atoms with van der Waals surface area (Å²) in [6.07, 6.45) is 0. The van der Waals surface area contributed by atoms with Crippen LogP contribution in [-0.2, 0) is 11.3 Å². The normalized spacial score (nSPS) is 17.0. The molecule has 2 aromatic rings. The molecule has 1 aliphatic heterocycles. The quantitative estimate of drug-likeness (QED) is 0.868. The summed E-state index contributed by atoms with van der Waals surface area (Å²) < 4.78 is 5.13. The molecule has 0 spiro atoms. The number of amides is 1. The number of carbonyl (C=O) groups excluding carboxylic acids is 1. The number of halogens is 2. The summed E-state index contributed by atoms with van der Waals surface area (Å²) in [6.45, 7) is 0.218. The summed E-state index contributed by atoms with van der Waals surface area (Å²) in [5.41, 5.74) is 0.776. The minimum atomic E-state index is -0.148. The van der Waals surface area contributed by atoms with E-state index in [0.29, 0.717) is 16.7 Å². The zero-order valence-electron chi connectivity index (χ0n) is 11.4. The molecule has 0 radical (unpaired) electrons. The molecule has 2 N–H and O–H groups in total. The van der Waals surface area contributed by atoms with E-state index in [2.05, 4.69) is 20.8 Å². The van der Waals surface area contributed by atoms with E-state index in [-0.39, 0.29) is 30.9 Å². The summed E-state index contributed by atoms with van der Waals surface area (Å²) in [6, 6.07) is 7.05. The van der Waals surface area contributed by atoms with Crippen LogP contribution in [0.25, 0.3) is 11.4 Å². The standard InChI is InChI=1S/C13H13ClN4O2S.ClH/c14-9-3-1-2-8(4-9)12-17-11(20-18-12)5-15-13(19)10-6-21-7-16-10;/h1-4,10,16H,5-7H2,(H,15,19);1H. The summed E-state index contributed by atoms with van der Waals surface area (Å²) in [5.74, 6) is 2.35. The van der Waals surface area contributed by atoms with Crippen LogP contribution in [-0.4, -0.2) is 33.7 Å². The fourth-order valence-corrected chi connectivity index (χ4v) is 3.05. The Morgan fingerprint density at radius 2 is 2.41 bits per heavy atom. The zero-order valence-corrected chi connectivity index (χ0v) is 13.8. The number of benzene rings is 1. The molecule has 1 aromatic carbocycles. The lowest BCUT2D eigenvalue weighted by molar-refractivity contribution is -0.122. The molecular weight excluding hydrogens is 347 g/mol. The third-order valence-electron chi connectivity index (χ3n) is 3.00. The number of nitrogens with one attached hydrogen (secondary N) is 2. The van der Waals surface area contributed by atoms with E-state index >= 15 is 0 Å². The van der Waals surface area contributed by atoms with Crippen molar-refractivity contribution in [1.29, 1.82) is 0 Å². The van der Waals surface area contributed by atoms with E-state index in [9.17, 15) is 4.79 Å². The second-order valence-electron chi connectivity index (χ2n) is 4.51. The van der Waals surface area contributed by atoms with E-state index in [1.165, 1.54) is 0 Å². The number of aromatic nitrogens is 2. The van der Waals surface area contributed by atoms with Crippen molar-refractivity contribution in [2.45, 2.75) is 12.6 Å². The van der Waals surface area contributed by atoms with Crippen LogP contribution in [0.1, 0.15) is 5.89 Å². The Morgan fingerprint density at radius 1 is 1.55 bits per heavy atom. The van der Waals surface area contributed by atoms with E-state index in [4.69, 9.17) is 16.1 Å². The Bertz CT molecular complexity index is 646. The van der Waals surface area contributed by atoms with Gasteiger partial charge in [0.15, 0.2) is 0 Å². The molecule has 1 aromatic heterocycles. The number of hydrogen-bond acceptors (Lipinski definition) is 6. The van der Waals surface area contributed by atoms with Gasteiger partial charge >= 0.3 is 0 Å². The summed E-state index contributed by atoms with van der Waals surface area (Å²) in [7, 11) is 0. The molecule has 2 heterocycles. The lowest BCUT2D eigenvalue weighted by Gasteiger charge is -2.08. The fourth-order valence-electron chi connectivity index (χ4n) is 1.92. The molecule has 22 heavy (non-hydrogen) atoms. The predicted octanol–water partition coefficient (Wildman–Crippen LogP) is 2.09. The Hall–Kier alpha value is -1.28. The Balaban J connectivity index is 0.00000176. The fraction of sp³-hybridized carbons (Fsp3) is 0.308. The molecule has 118 valence electrons. The maximum absolute atomic E-state index is 11.8. The molecule has 0 saturated carbocycles. The van der Waals surface area contributed by atoms with Crippen LogP contribution in [0.15, 0.2) is 28.8 Å². The van der Waals surface area contributed by atoms with Gasteiger partial charge in [-0.05, 0) is 12.1 Å². The molecule has 1 atom stereocenters. The van der Waals surface area contributed by atoms with Crippen LogP contribution in [0.3, 0.4) is 0 Å². The molecule has 9 heteroatoms. The van der Waals surface area contributed by atoms with Crippen molar-refractivity contribution in [2.75, 3.05) is 11.6 Å². The lowest BCUT2D eigenvalue weighted by atomic mass is 10.2. The SMILES string of the molecule is Cl.O=C(NCc1nc(-c2cccc(Cl)c2)no1)C1CSCN1. The molecule has 6 nitrogen and oxygen atoms in total. The van der Waals surface area contributed by atoms with Gasteiger partial charge in [-0.1, -0.05) is 28.9 Å². The van der Waals surface area contributed by atoms with Gasteiger partial charge in [0.05, 0.1) is 12.6 Å². The van der Waals surface area contributed by atoms with Crippen LogP contribution in [0, 0.1) is 0 Å². The van der Waals surface area contributed by atoms with E-state index in [0.717, 1.165) is 17.2 Å². The molecule has 3 rings (SSSR count). The summed E-state index contributed by atoms with van der Waals surface area (Å²) in [4.78, 5) is 16.1. The van der Waals surface area contributed by atoms with Gasteiger partial charge in [0.25, 0.3) is 0 Å². The highest BCUT2D eigenvalue weighted by atomic mass is 35.5. The van der Waals surface area contributed by atoms with Crippen molar-refractivity contribution in [1.82, 2.24) is 20.8 Å². The van der Waals surface area contributed by atoms with Gasteiger partial charge in [0, 0.05) is 22.2 Å². The van der Waals surface area contributed by atoms with Gasteiger partial charge in [0.2, 0.25) is 17.6 Å². The Labute approximate surface area is 142 Å². The highest BCUT2D eigenvalue weighted by molar-refractivity contribution is 7.99. The van der Waals surface area contributed by atoms with Crippen LogP contribution >= 0.6 is 35.8 Å². The predicted molar refractivity (Wildman–Crippen MR) is 88.1 cm³/mol. The molecule has 1 unspecified atom stereocenters. The van der Waals surface area contributed by atoms with Gasteiger partial charge in [0.1, 0.15) is 0 Å². The molecule has 1 amide bonds. The topological polar surface area (TPSA) is 80.1 Å². The third kappa shape index (κ3) is 4.13. The highest BCUT2D eigenvalue weighted by Crippen LogP contribution is 2.19. The van der Waals surface area contributed by atoms with Crippen molar-refractivity contribution in [2.24, 2.45) is 0 Å². The molecule has 0 aliphatic carbocycles. The minimum Gasteiger partial charge on any atom is -0.346 e. The van der Waals surface area contributed by atoms with Crippen molar-refractivity contribution < 1.29 is 9.32 Å². The zero-order chi connectivity index (χ0) is 14.7. The molecule has 1 aliphatic rings.